The Morgan fingerprint density at radius 2 is 2.29 bits per heavy atom. The predicted octanol–water partition coefficient (Wildman–Crippen LogP) is 1.79. The van der Waals surface area contributed by atoms with Gasteiger partial charge in [-0.05, 0) is 18.6 Å². The molecule has 0 N–H and O–H groups in total. The zero-order valence-electron chi connectivity index (χ0n) is 9.59. The van der Waals surface area contributed by atoms with Crippen LogP contribution in [0.25, 0.3) is 5.65 Å². The van der Waals surface area contributed by atoms with Crippen molar-refractivity contribution in [2.45, 2.75) is 6.92 Å². The minimum Gasteiger partial charge on any atom is -0.327 e. The highest BCUT2D eigenvalue weighted by atomic mass is 32.2. The molecule has 1 aliphatic heterocycles. The Labute approximate surface area is 104 Å². The summed E-state index contributed by atoms with van der Waals surface area (Å²) in [5.41, 5.74) is 2.52. The summed E-state index contributed by atoms with van der Waals surface area (Å²) in [5.74, 6) is 1.85. The number of carbonyl (C=O) groups is 1. The number of hydrogen-bond donors (Lipinski definition) is 0. The normalized spacial score (nSPS) is 15.7. The molecule has 3 heterocycles. The fourth-order valence-electron chi connectivity index (χ4n) is 1.94. The Kier molecular flexibility index (Phi) is 2.55. The van der Waals surface area contributed by atoms with E-state index in [2.05, 4.69) is 4.98 Å². The van der Waals surface area contributed by atoms with Crippen LogP contribution in [0.5, 0.6) is 0 Å². The summed E-state index contributed by atoms with van der Waals surface area (Å²) in [6.45, 7) is 2.86. The second-order valence-electron chi connectivity index (χ2n) is 4.20. The molecule has 1 saturated heterocycles. The lowest BCUT2D eigenvalue weighted by Crippen LogP contribution is -2.27. The minimum atomic E-state index is 0.0383. The van der Waals surface area contributed by atoms with E-state index in [4.69, 9.17) is 0 Å². The molecule has 0 unspecified atom stereocenters. The molecule has 88 valence electrons. The number of pyridine rings is 1. The van der Waals surface area contributed by atoms with E-state index < -0.39 is 0 Å². The summed E-state index contributed by atoms with van der Waals surface area (Å²) in [4.78, 5) is 18.3. The van der Waals surface area contributed by atoms with Gasteiger partial charge in [0.25, 0.3) is 5.91 Å². The van der Waals surface area contributed by atoms with Crippen molar-refractivity contribution in [2.24, 2.45) is 0 Å². The summed E-state index contributed by atoms with van der Waals surface area (Å²) >= 11 is 1.79. The molecule has 3 rings (SSSR count). The summed E-state index contributed by atoms with van der Waals surface area (Å²) in [5, 5.41) is 0. The van der Waals surface area contributed by atoms with Crippen molar-refractivity contribution in [1.82, 2.24) is 14.3 Å². The third kappa shape index (κ3) is 1.91. The predicted molar refractivity (Wildman–Crippen MR) is 68.3 cm³/mol. The smallest absolute Gasteiger partial charge is 0.274 e. The van der Waals surface area contributed by atoms with Gasteiger partial charge in [-0.25, -0.2) is 4.98 Å². The van der Waals surface area contributed by atoms with Gasteiger partial charge in [-0.15, -0.1) is 11.8 Å². The van der Waals surface area contributed by atoms with Crippen LogP contribution < -0.4 is 0 Å². The SMILES string of the molecule is Cc1ccc2nc(C(=O)N3CCSC3)cn2c1. The number of aromatic nitrogens is 2. The summed E-state index contributed by atoms with van der Waals surface area (Å²) in [6.07, 6.45) is 3.80. The monoisotopic (exact) mass is 247 g/mol. The molecule has 0 saturated carbocycles. The Balaban J connectivity index is 1.97. The Morgan fingerprint density at radius 1 is 1.41 bits per heavy atom. The van der Waals surface area contributed by atoms with E-state index in [1.807, 2.05) is 40.8 Å². The average Bonchev–Trinajstić information content (AvgIpc) is 2.96. The van der Waals surface area contributed by atoms with Crippen molar-refractivity contribution in [1.29, 1.82) is 0 Å². The zero-order valence-corrected chi connectivity index (χ0v) is 10.4. The van der Waals surface area contributed by atoms with Gasteiger partial charge < -0.3 is 9.30 Å². The number of fused-ring (bicyclic) bond motifs is 1. The highest BCUT2D eigenvalue weighted by molar-refractivity contribution is 7.99. The third-order valence-electron chi connectivity index (χ3n) is 2.86. The van der Waals surface area contributed by atoms with E-state index in [1.54, 1.807) is 11.8 Å². The first kappa shape index (κ1) is 10.7. The van der Waals surface area contributed by atoms with E-state index >= 15 is 0 Å². The maximum absolute atomic E-state index is 12.1. The van der Waals surface area contributed by atoms with E-state index in [0.717, 1.165) is 29.4 Å². The Morgan fingerprint density at radius 3 is 3.06 bits per heavy atom. The second kappa shape index (κ2) is 4.07. The van der Waals surface area contributed by atoms with Crippen LogP contribution in [-0.2, 0) is 0 Å². The van der Waals surface area contributed by atoms with E-state index in [1.165, 1.54) is 0 Å². The van der Waals surface area contributed by atoms with Crippen LogP contribution in [0.4, 0.5) is 0 Å². The first-order valence-corrected chi connectivity index (χ1v) is 6.72. The van der Waals surface area contributed by atoms with Gasteiger partial charge in [0, 0.05) is 24.7 Å². The first-order chi connectivity index (χ1) is 8.24. The van der Waals surface area contributed by atoms with Gasteiger partial charge in [-0.1, -0.05) is 6.07 Å². The standard InChI is InChI=1S/C12H13N3OS/c1-9-2-3-11-13-10(7-15(11)6-9)12(16)14-4-5-17-8-14/h2-3,6-7H,4-5,8H2,1H3. The number of rotatable bonds is 1. The van der Waals surface area contributed by atoms with Crippen LogP contribution in [0.15, 0.2) is 24.5 Å². The number of carbonyl (C=O) groups excluding carboxylic acids is 1. The Bertz CT molecular complexity index is 572. The van der Waals surface area contributed by atoms with Crippen LogP contribution in [0.1, 0.15) is 16.1 Å². The fraction of sp³-hybridized carbons (Fsp3) is 0.333. The quantitative estimate of drug-likeness (QED) is 0.771. The van der Waals surface area contributed by atoms with Crippen LogP contribution in [-0.4, -0.2) is 38.4 Å². The fourth-order valence-corrected chi connectivity index (χ4v) is 2.89. The van der Waals surface area contributed by atoms with Crippen molar-refractivity contribution in [3.63, 3.8) is 0 Å². The van der Waals surface area contributed by atoms with Gasteiger partial charge in [0.2, 0.25) is 0 Å². The average molecular weight is 247 g/mol. The lowest BCUT2D eigenvalue weighted by molar-refractivity contribution is 0.0797. The van der Waals surface area contributed by atoms with E-state index in [0.29, 0.717) is 5.69 Å². The van der Waals surface area contributed by atoms with Gasteiger partial charge in [0.15, 0.2) is 0 Å². The number of thioether (sulfide) groups is 1. The summed E-state index contributed by atoms with van der Waals surface area (Å²) in [7, 11) is 0. The first-order valence-electron chi connectivity index (χ1n) is 5.56. The molecule has 0 bridgehead atoms. The maximum atomic E-state index is 12.1. The van der Waals surface area contributed by atoms with Crippen molar-refractivity contribution in [3.8, 4) is 0 Å². The lowest BCUT2D eigenvalue weighted by Gasteiger charge is -2.11. The third-order valence-corrected chi connectivity index (χ3v) is 3.82. The highest BCUT2D eigenvalue weighted by Crippen LogP contribution is 2.17. The van der Waals surface area contributed by atoms with Crippen LogP contribution in [0.2, 0.25) is 0 Å². The van der Waals surface area contributed by atoms with Crippen LogP contribution in [0.3, 0.4) is 0 Å². The molecular weight excluding hydrogens is 234 g/mol. The van der Waals surface area contributed by atoms with E-state index in [-0.39, 0.29) is 5.91 Å². The molecule has 0 atom stereocenters. The Hall–Kier alpha value is -1.49. The molecule has 0 spiro atoms. The minimum absolute atomic E-state index is 0.0383. The van der Waals surface area contributed by atoms with Crippen molar-refractivity contribution < 1.29 is 4.79 Å². The summed E-state index contributed by atoms with van der Waals surface area (Å²) in [6, 6.07) is 3.94. The molecule has 1 amide bonds. The second-order valence-corrected chi connectivity index (χ2v) is 5.28. The number of imidazole rings is 1. The van der Waals surface area contributed by atoms with Crippen LogP contribution >= 0.6 is 11.8 Å². The number of hydrogen-bond acceptors (Lipinski definition) is 3. The van der Waals surface area contributed by atoms with Gasteiger partial charge in [0.1, 0.15) is 11.3 Å². The topological polar surface area (TPSA) is 37.6 Å². The van der Waals surface area contributed by atoms with Crippen molar-refractivity contribution in [3.05, 3.63) is 35.8 Å². The molecule has 0 radical (unpaired) electrons. The molecule has 2 aromatic rings. The van der Waals surface area contributed by atoms with Crippen molar-refractivity contribution in [2.75, 3.05) is 18.2 Å². The lowest BCUT2D eigenvalue weighted by atomic mass is 10.3. The molecule has 0 aliphatic carbocycles. The number of aryl methyl sites for hydroxylation is 1. The maximum Gasteiger partial charge on any atom is 0.274 e. The van der Waals surface area contributed by atoms with Gasteiger partial charge in [-0.2, -0.15) is 0 Å². The van der Waals surface area contributed by atoms with Gasteiger partial charge >= 0.3 is 0 Å². The molecule has 0 aromatic carbocycles. The largest absolute Gasteiger partial charge is 0.327 e. The van der Waals surface area contributed by atoms with Crippen molar-refractivity contribution >= 4 is 23.3 Å². The molecular formula is C12H13N3OS. The molecule has 2 aromatic heterocycles. The number of amides is 1. The highest BCUT2D eigenvalue weighted by Gasteiger charge is 2.21. The van der Waals surface area contributed by atoms with E-state index in [9.17, 15) is 4.79 Å². The molecule has 5 heteroatoms. The molecule has 1 fully saturated rings. The van der Waals surface area contributed by atoms with Crippen LogP contribution in [0, 0.1) is 6.92 Å². The van der Waals surface area contributed by atoms with Gasteiger partial charge in [0.05, 0.1) is 5.88 Å². The zero-order chi connectivity index (χ0) is 11.8. The molecule has 4 nitrogen and oxygen atoms in total. The summed E-state index contributed by atoms with van der Waals surface area (Å²) < 4.78 is 1.91. The van der Waals surface area contributed by atoms with Gasteiger partial charge in [-0.3, -0.25) is 4.79 Å². The number of nitrogens with zero attached hydrogens (tertiary/aromatic N) is 3. The molecule has 17 heavy (non-hydrogen) atoms. The molecule has 1 aliphatic rings.